The van der Waals surface area contributed by atoms with Crippen LogP contribution in [0, 0.1) is 12.7 Å². The molecule has 2 aromatic carbocycles. The Balaban J connectivity index is 1.26. The van der Waals surface area contributed by atoms with Gasteiger partial charge >= 0.3 is 5.97 Å². The summed E-state index contributed by atoms with van der Waals surface area (Å²) in [6.07, 6.45) is 3.06. The SMILES string of the molecule is CCc1cc(F)ccc1-c1nc(C)c(CC(=O)OCc2ccc3c(c2)nc2n3CCC2)s1. The molecule has 0 saturated carbocycles. The lowest BCUT2D eigenvalue weighted by atomic mass is 10.1. The zero-order valence-electron chi connectivity index (χ0n) is 18.2. The maximum atomic E-state index is 13.6. The van der Waals surface area contributed by atoms with Gasteiger partial charge in [0.2, 0.25) is 0 Å². The highest BCUT2D eigenvalue weighted by atomic mass is 32.1. The van der Waals surface area contributed by atoms with E-state index in [0.29, 0.717) is 6.42 Å². The zero-order chi connectivity index (χ0) is 22.2. The van der Waals surface area contributed by atoms with Gasteiger partial charge in [-0.25, -0.2) is 14.4 Å². The molecule has 164 valence electrons. The summed E-state index contributed by atoms with van der Waals surface area (Å²) in [7, 11) is 0. The Morgan fingerprint density at radius 1 is 1.22 bits per heavy atom. The standard InChI is InChI=1S/C25H24FN3O2S/c1-3-17-12-18(26)7-8-19(17)25-27-15(2)22(32-25)13-24(30)31-14-16-6-9-21-20(11-16)28-23-5-4-10-29(21)23/h6-9,11-12H,3-5,10,13-14H2,1-2H3. The van der Waals surface area contributed by atoms with Crippen LogP contribution in [0.1, 0.15) is 40.9 Å². The number of imidazole rings is 1. The van der Waals surface area contributed by atoms with Crippen LogP contribution in [0.15, 0.2) is 36.4 Å². The van der Waals surface area contributed by atoms with E-state index in [1.165, 1.54) is 17.4 Å². The molecule has 0 aliphatic carbocycles. The molecule has 1 aliphatic heterocycles. The molecule has 2 aromatic heterocycles. The molecule has 1 aliphatic rings. The van der Waals surface area contributed by atoms with Gasteiger partial charge in [0, 0.05) is 23.4 Å². The normalized spacial score (nSPS) is 13.0. The fraction of sp³-hybridized carbons (Fsp3) is 0.320. The predicted molar refractivity (Wildman–Crippen MR) is 123 cm³/mol. The summed E-state index contributed by atoms with van der Waals surface area (Å²) in [5.41, 5.74) is 5.68. The molecule has 0 amide bonds. The number of carbonyl (C=O) groups is 1. The zero-order valence-corrected chi connectivity index (χ0v) is 19.0. The molecular formula is C25H24FN3O2S. The van der Waals surface area contributed by atoms with Crippen molar-refractivity contribution in [1.29, 1.82) is 0 Å². The van der Waals surface area contributed by atoms with Gasteiger partial charge < -0.3 is 9.30 Å². The van der Waals surface area contributed by atoms with E-state index >= 15 is 0 Å². The van der Waals surface area contributed by atoms with Crippen molar-refractivity contribution in [3.05, 3.63) is 69.7 Å². The quantitative estimate of drug-likeness (QED) is 0.370. The number of carbonyl (C=O) groups excluding carboxylic acids is 1. The Labute approximate surface area is 189 Å². The van der Waals surface area contributed by atoms with Crippen molar-refractivity contribution >= 4 is 28.3 Å². The number of halogens is 1. The first-order chi connectivity index (χ1) is 15.5. The number of thiazole rings is 1. The molecule has 0 spiro atoms. The average molecular weight is 450 g/mol. The number of esters is 1. The molecule has 0 bridgehead atoms. The van der Waals surface area contributed by atoms with E-state index < -0.39 is 0 Å². The third kappa shape index (κ3) is 3.93. The second-order valence-corrected chi connectivity index (χ2v) is 9.21. The van der Waals surface area contributed by atoms with Crippen molar-refractivity contribution in [2.75, 3.05) is 0 Å². The van der Waals surface area contributed by atoms with Crippen molar-refractivity contribution < 1.29 is 13.9 Å². The van der Waals surface area contributed by atoms with Crippen LogP contribution in [0.5, 0.6) is 0 Å². The third-order valence-electron chi connectivity index (χ3n) is 5.95. The van der Waals surface area contributed by atoms with Crippen molar-refractivity contribution in [1.82, 2.24) is 14.5 Å². The van der Waals surface area contributed by atoms with E-state index in [2.05, 4.69) is 15.6 Å². The fourth-order valence-electron chi connectivity index (χ4n) is 4.27. The maximum Gasteiger partial charge on any atom is 0.311 e. The lowest BCUT2D eigenvalue weighted by Gasteiger charge is -2.05. The average Bonchev–Trinajstić information content (AvgIpc) is 3.47. The Kier molecular flexibility index (Phi) is 5.51. The minimum atomic E-state index is -0.287. The smallest absolute Gasteiger partial charge is 0.311 e. The highest BCUT2D eigenvalue weighted by Gasteiger charge is 2.18. The van der Waals surface area contributed by atoms with Crippen LogP contribution in [-0.2, 0) is 41.9 Å². The van der Waals surface area contributed by atoms with E-state index in [9.17, 15) is 9.18 Å². The van der Waals surface area contributed by atoms with Crippen LogP contribution < -0.4 is 0 Å². The molecule has 32 heavy (non-hydrogen) atoms. The second-order valence-electron chi connectivity index (χ2n) is 8.13. The maximum absolute atomic E-state index is 13.6. The molecule has 3 heterocycles. The van der Waals surface area contributed by atoms with Gasteiger partial charge in [-0.1, -0.05) is 13.0 Å². The summed E-state index contributed by atoms with van der Waals surface area (Å²) in [4.78, 5) is 22.7. The van der Waals surface area contributed by atoms with Gasteiger partial charge in [-0.05, 0) is 61.2 Å². The van der Waals surface area contributed by atoms with Crippen molar-refractivity contribution in [2.24, 2.45) is 0 Å². The van der Waals surface area contributed by atoms with Crippen LogP contribution in [0.25, 0.3) is 21.6 Å². The first kappa shape index (κ1) is 20.8. The topological polar surface area (TPSA) is 57.0 Å². The van der Waals surface area contributed by atoms with Gasteiger partial charge in [0.25, 0.3) is 0 Å². The molecule has 0 radical (unpaired) electrons. The molecule has 5 nitrogen and oxygen atoms in total. The van der Waals surface area contributed by atoms with E-state index in [1.54, 1.807) is 12.1 Å². The number of aryl methyl sites for hydroxylation is 4. The minimum Gasteiger partial charge on any atom is -0.461 e. The van der Waals surface area contributed by atoms with Gasteiger partial charge in [0.15, 0.2) is 0 Å². The molecule has 0 unspecified atom stereocenters. The summed E-state index contributed by atoms with van der Waals surface area (Å²) < 4.78 is 21.4. The number of aromatic nitrogens is 3. The van der Waals surface area contributed by atoms with Crippen molar-refractivity contribution in [3.63, 3.8) is 0 Å². The number of fused-ring (bicyclic) bond motifs is 3. The van der Waals surface area contributed by atoms with Crippen LogP contribution >= 0.6 is 11.3 Å². The van der Waals surface area contributed by atoms with Crippen LogP contribution in [0.3, 0.4) is 0 Å². The Bertz CT molecular complexity index is 1320. The highest BCUT2D eigenvalue weighted by molar-refractivity contribution is 7.15. The highest BCUT2D eigenvalue weighted by Crippen LogP contribution is 2.32. The molecule has 0 fully saturated rings. The molecule has 4 aromatic rings. The number of benzene rings is 2. The minimum absolute atomic E-state index is 0.174. The van der Waals surface area contributed by atoms with E-state index in [-0.39, 0.29) is 24.8 Å². The van der Waals surface area contributed by atoms with Crippen molar-refractivity contribution in [3.8, 4) is 10.6 Å². The van der Waals surface area contributed by atoms with Crippen LogP contribution in [-0.4, -0.2) is 20.5 Å². The number of ether oxygens (including phenoxy) is 1. The third-order valence-corrected chi connectivity index (χ3v) is 7.14. The first-order valence-corrected chi connectivity index (χ1v) is 11.7. The number of hydrogen-bond acceptors (Lipinski definition) is 5. The van der Waals surface area contributed by atoms with Crippen LogP contribution in [0.2, 0.25) is 0 Å². The Morgan fingerprint density at radius 3 is 2.94 bits per heavy atom. The largest absolute Gasteiger partial charge is 0.461 e. The molecule has 0 atom stereocenters. The van der Waals surface area contributed by atoms with Gasteiger partial charge in [0.1, 0.15) is 23.3 Å². The summed E-state index contributed by atoms with van der Waals surface area (Å²) in [5, 5.41) is 0.806. The monoisotopic (exact) mass is 449 g/mol. The van der Waals surface area contributed by atoms with E-state index in [1.807, 2.05) is 26.0 Å². The molecule has 0 N–H and O–H groups in total. The fourth-order valence-corrected chi connectivity index (χ4v) is 5.38. The molecule has 0 saturated heterocycles. The Hall–Kier alpha value is -3.06. The van der Waals surface area contributed by atoms with Gasteiger partial charge in [-0.2, -0.15) is 0 Å². The summed E-state index contributed by atoms with van der Waals surface area (Å²) >= 11 is 1.47. The van der Waals surface area contributed by atoms with Gasteiger partial charge in [-0.3, -0.25) is 4.79 Å². The van der Waals surface area contributed by atoms with Gasteiger partial charge in [-0.15, -0.1) is 11.3 Å². The summed E-state index contributed by atoms with van der Waals surface area (Å²) in [5.74, 6) is 0.601. The second kappa shape index (κ2) is 8.47. The lowest BCUT2D eigenvalue weighted by Crippen LogP contribution is -2.07. The van der Waals surface area contributed by atoms with Crippen LogP contribution in [0.4, 0.5) is 4.39 Å². The van der Waals surface area contributed by atoms with Gasteiger partial charge in [0.05, 0.1) is 23.1 Å². The number of hydrogen-bond donors (Lipinski definition) is 0. The first-order valence-electron chi connectivity index (χ1n) is 10.9. The number of nitrogens with zero attached hydrogens (tertiary/aromatic N) is 3. The molecular weight excluding hydrogens is 425 g/mol. The summed E-state index contributed by atoms with van der Waals surface area (Å²) in [6.45, 7) is 5.13. The molecule has 7 heteroatoms. The summed E-state index contributed by atoms with van der Waals surface area (Å²) in [6, 6.07) is 10.8. The van der Waals surface area contributed by atoms with E-state index in [0.717, 1.165) is 68.5 Å². The van der Waals surface area contributed by atoms with E-state index in [4.69, 9.17) is 9.72 Å². The predicted octanol–water partition coefficient (Wildman–Crippen LogP) is 5.40. The molecule has 5 rings (SSSR count). The lowest BCUT2D eigenvalue weighted by molar-refractivity contribution is -0.144. The van der Waals surface area contributed by atoms with Crippen molar-refractivity contribution in [2.45, 2.75) is 52.7 Å². The Morgan fingerprint density at radius 2 is 2.09 bits per heavy atom. The number of rotatable bonds is 6.